The molecule has 1 saturated heterocycles. The van der Waals surface area contributed by atoms with Crippen molar-refractivity contribution < 1.29 is 5.11 Å². The van der Waals surface area contributed by atoms with E-state index in [0.29, 0.717) is 5.92 Å². The van der Waals surface area contributed by atoms with Crippen LogP contribution in [0.4, 0.5) is 0 Å². The van der Waals surface area contributed by atoms with Crippen molar-refractivity contribution in [3.63, 3.8) is 0 Å². The molecule has 4 nitrogen and oxygen atoms in total. The van der Waals surface area contributed by atoms with Crippen LogP contribution in [-0.2, 0) is 7.05 Å². The van der Waals surface area contributed by atoms with E-state index >= 15 is 0 Å². The monoisotopic (exact) mass is 263 g/mol. The van der Waals surface area contributed by atoms with Crippen LogP contribution in [0.1, 0.15) is 50.5 Å². The summed E-state index contributed by atoms with van der Waals surface area (Å²) in [7, 11) is 1.96. The summed E-state index contributed by atoms with van der Waals surface area (Å²) in [4.78, 5) is 6.93. The molecule has 4 heteroatoms. The molecule has 0 spiro atoms. The van der Waals surface area contributed by atoms with Gasteiger partial charge in [0, 0.05) is 25.5 Å². The van der Waals surface area contributed by atoms with Gasteiger partial charge in [0.1, 0.15) is 11.9 Å². The first kappa shape index (κ1) is 13.1. The average molecular weight is 263 g/mol. The maximum absolute atomic E-state index is 10.5. The third kappa shape index (κ3) is 2.70. The lowest BCUT2D eigenvalue weighted by Gasteiger charge is -2.37. The van der Waals surface area contributed by atoms with Gasteiger partial charge in [0.2, 0.25) is 0 Å². The van der Waals surface area contributed by atoms with Crippen LogP contribution in [0.25, 0.3) is 0 Å². The number of nitrogens with zero attached hydrogens (tertiary/aromatic N) is 3. The maximum atomic E-state index is 10.5. The van der Waals surface area contributed by atoms with Gasteiger partial charge in [0.15, 0.2) is 0 Å². The first-order valence-corrected chi connectivity index (χ1v) is 7.65. The maximum Gasteiger partial charge on any atom is 0.137 e. The topological polar surface area (TPSA) is 41.3 Å². The van der Waals surface area contributed by atoms with E-state index in [1.165, 1.54) is 25.7 Å². The van der Waals surface area contributed by atoms with E-state index in [1.807, 2.05) is 17.8 Å². The second-order valence-corrected chi connectivity index (χ2v) is 6.15. The molecular formula is C15H25N3O. The predicted molar refractivity (Wildman–Crippen MR) is 74.7 cm³/mol. The highest BCUT2D eigenvalue weighted by Crippen LogP contribution is 2.33. The van der Waals surface area contributed by atoms with Crippen molar-refractivity contribution in [1.29, 1.82) is 0 Å². The summed E-state index contributed by atoms with van der Waals surface area (Å²) in [6.45, 7) is 2.30. The molecule has 1 saturated carbocycles. The lowest BCUT2D eigenvalue weighted by Crippen LogP contribution is -2.41. The molecule has 2 fully saturated rings. The standard InChI is InChI=1S/C15H25N3O/c1-17-11-8-16-15(17)14(19)12-6-9-18(10-7-12)13-4-2-3-5-13/h8,11-14,19H,2-7,9-10H2,1H3. The van der Waals surface area contributed by atoms with Crippen molar-refractivity contribution in [2.45, 2.75) is 50.7 Å². The summed E-state index contributed by atoms with van der Waals surface area (Å²) in [5.41, 5.74) is 0. The van der Waals surface area contributed by atoms with E-state index in [2.05, 4.69) is 9.88 Å². The SMILES string of the molecule is Cn1ccnc1C(O)C1CCN(C2CCCC2)CC1. The smallest absolute Gasteiger partial charge is 0.137 e. The first-order chi connectivity index (χ1) is 9.25. The summed E-state index contributed by atoms with van der Waals surface area (Å²) in [6, 6.07) is 0.825. The molecule has 3 rings (SSSR count). The lowest BCUT2D eigenvalue weighted by molar-refractivity contribution is 0.0392. The number of rotatable bonds is 3. The van der Waals surface area contributed by atoms with Crippen LogP contribution >= 0.6 is 0 Å². The molecule has 19 heavy (non-hydrogen) atoms. The number of aryl methyl sites for hydroxylation is 1. The molecule has 1 unspecified atom stereocenters. The predicted octanol–water partition coefficient (Wildman–Crippen LogP) is 2.11. The highest BCUT2D eigenvalue weighted by Gasteiger charge is 2.31. The Kier molecular flexibility index (Phi) is 3.89. The van der Waals surface area contributed by atoms with Gasteiger partial charge in [-0.3, -0.25) is 0 Å². The van der Waals surface area contributed by atoms with Gasteiger partial charge in [-0.05, 0) is 44.7 Å². The van der Waals surface area contributed by atoms with E-state index in [0.717, 1.165) is 37.8 Å². The lowest BCUT2D eigenvalue weighted by atomic mass is 9.90. The molecular weight excluding hydrogens is 238 g/mol. The Hall–Kier alpha value is -0.870. The third-order valence-electron chi connectivity index (χ3n) is 4.98. The minimum Gasteiger partial charge on any atom is -0.385 e. The zero-order chi connectivity index (χ0) is 13.2. The molecule has 1 aromatic rings. The molecule has 0 amide bonds. The highest BCUT2D eigenvalue weighted by molar-refractivity contribution is 4.99. The zero-order valence-corrected chi connectivity index (χ0v) is 11.8. The molecule has 1 aliphatic carbocycles. The largest absolute Gasteiger partial charge is 0.385 e. The van der Waals surface area contributed by atoms with Gasteiger partial charge in [-0.15, -0.1) is 0 Å². The average Bonchev–Trinajstić information content (AvgIpc) is 3.09. The van der Waals surface area contributed by atoms with Gasteiger partial charge in [-0.25, -0.2) is 4.98 Å². The summed E-state index contributed by atoms with van der Waals surface area (Å²) in [5.74, 6) is 1.19. The van der Waals surface area contributed by atoms with Crippen LogP contribution in [0.15, 0.2) is 12.4 Å². The number of aliphatic hydroxyl groups excluding tert-OH is 1. The summed E-state index contributed by atoms with van der Waals surface area (Å²) < 4.78 is 1.94. The third-order valence-corrected chi connectivity index (χ3v) is 4.98. The van der Waals surface area contributed by atoms with Crippen LogP contribution in [0.2, 0.25) is 0 Å². The zero-order valence-electron chi connectivity index (χ0n) is 11.8. The molecule has 1 aliphatic heterocycles. The van der Waals surface area contributed by atoms with Crippen molar-refractivity contribution in [2.75, 3.05) is 13.1 Å². The normalized spacial score (nSPS) is 24.9. The number of likely N-dealkylation sites (tertiary alicyclic amines) is 1. The van der Waals surface area contributed by atoms with Gasteiger partial charge in [-0.2, -0.15) is 0 Å². The quantitative estimate of drug-likeness (QED) is 0.908. The van der Waals surface area contributed by atoms with Crippen LogP contribution in [-0.4, -0.2) is 38.7 Å². The Morgan fingerprint density at radius 2 is 1.89 bits per heavy atom. The first-order valence-electron chi connectivity index (χ1n) is 7.65. The molecule has 1 aromatic heterocycles. The number of hydrogen-bond acceptors (Lipinski definition) is 3. The van der Waals surface area contributed by atoms with E-state index < -0.39 is 6.10 Å². The minimum absolute atomic E-state index is 0.374. The Morgan fingerprint density at radius 3 is 2.47 bits per heavy atom. The van der Waals surface area contributed by atoms with Crippen molar-refractivity contribution in [3.05, 3.63) is 18.2 Å². The Labute approximate surface area is 115 Å². The van der Waals surface area contributed by atoms with Crippen LogP contribution in [0.3, 0.4) is 0 Å². The van der Waals surface area contributed by atoms with Crippen LogP contribution < -0.4 is 0 Å². The van der Waals surface area contributed by atoms with Gasteiger partial charge in [-0.1, -0.05) is 12.8 Å². The molecule has 2 aliphatic rings. The Balaban J connectivity index is 1.56. The minimum atomic E-state index is -0.397. The van der Waals surface area contributed by atoms with Crippen LogP contribution in [0.5, 0.6) is 0 Å². The molecule has 2 heterocycles. The molecule has 0 bridgehead atoms. The number of hydrogen-bond donors (Lipinski definition) is 1. The van der Waals surface area contributed by atoms with Gasteiger partial charge in [0.25, 0.3) is 0 Å². The fourth-order valence-corrected chi connectivity index (χ4v) is 3.74. The summed E-state index contributed by atoms with van der Waals surface area (Å²) in [6.07, 6.45) is 11.1. The second-order valence-electron chi connectivity index (χ2n) is 6.15. The Bertz CT molecular complexity index is 403. The second kappa shape index (κ2) is 5.63. The van der Waals surface area contributed by atoms with Crippen molar-refractivity contribution in [3.8, 4) is 0 Å². The van der Waals surface area contributed by atoms with Crippen molar-refractivity contribution >= 4 is 0 Å². The molecule has 1 atom stereocenters. The molecule has 0 radical (unpaired) electrons. The fourth-order valence-electron chi connectivity index (χ4n) is 3.74. The summed E-state index contributed by atoms with van der Waals surface area (Å²) >= 11 is 0. The van der Waals surface area contributed by atoms with Gasteiger partial charge >= 0.3 is 0 Å². The van der Waals surface area contributed by atoms with E-state index in [-0.39, 0.29) is 0 Å². The number of piperidine rings is 1. The highest BCUT2D eigenvalue weighted by atomic mass is 16.3. The molecule has 1 N–H and O–H groups in total. The van der Waals surface area contributed by atoms with Crippen LogP contribution in [0, 0.1) is 5.92 Å². The van der Waals surface area contributed by atoms with Gasteiger partial charge in [0.05, 0.1) is 0 Å². The molecule has 106 valence electrons. The van der Waals surface area contributed by atoms with Gasteiger partial charge < -0.3 is 14.6 Å². The van der Waals surface area contributed by atoms with E-state index in [9.17, 15) is 5.11 Å². The number of aromatic nitrogens is 2. The summed E-state index contributed by atoms with van der Waals surface area (Å²) in [5, 5.41) is 10.5. The number of imidazole rings is 1. The van der Waals surface area contributed by atoms with Crippen molar-refractivity contribution in [2.24, 2.45) is 13.0 Å². The fraction of sp³-hybridized carbons (Fsp3) is 0.800. The van der Waals surface area contributed by atoms with E-state index in [1.54, 1.807) is 6.20 Å². The Morgan fingerprint density at radius 1 is 1.21 bits per heavy atom. The number of aliphatic hydroxyl groups is 1. The molecule has 0 aromatic carbocycles. The van der Waals surface area contributed by atoms with Crippen molar-refractivity contribution in [1.82, 2.24) is 14.5 Å². The van der Waals surface area contributed by atoms with E-state index in [4.69, 9.17) is 0 Å².